The Kier molecular flexibility index (Phi) is 5.44. The van der Waals surface area contributed by atoms with Crippen LogP contribution in [0.25, 0.3) is 5.69 Å². The van der Waals surface area contributed by atoms with Crippen molar-refractivity contribution < 1.29 is 19.2 Å². The number of thiazole rings is 1. The Balaban J connectivity index is 1.34. The van der Waals surface area contributed by atoms with Gasteiger partial charge >= 0.3 is 0 Å². The van der Waals surface area contributed by atoms with Crippen LogP contribution in [-0.4, -0.2) is 66.5 Å². The second kappa shape index (κ2) is 8.45. The molecule has 4 heterocycles. The number of fused-ring (bicyclic) bond motifs is 1. The number of nitrogens with one attached hydrogen (secondary N) is 1. The molecule has 34 heavy (non-hydrogen) atoms. The first-order valence-corrected chi connectivity index (χ1v) is 11.6. The lowest BCUT2D eigenvalue weighted by molar-refractivity contribution is -0.136. The molecule has 0 spiro atoms. The molecule has 11 nitrogen and oxygen atoms in total. The Morgan fingerprint density at radius 3 is 2.85 bits per heavy atom. The van der Waals surface area contributed by atoms with E-state index in [9.17, 15) is 19.2 Å². The summed E-state index contributed by atoms with van der Waals surface area (Å²) in [4.78, 5) is 56.9. The number of imide groups is 1. The third-order valence-electron chi connectivity index (χ3n) is 6.20. The van der Waals surface area contributed by atoms with Gasteiger partial charge in [-0.15, -0.1) is 16.4 Å². The van der Waals surface area contributed by atoms with Gasteiger partial charge in [0.1, 0.15) is 11.0 Å². The average Bonchev–Trinajstić information content (AvgIpc) is 3.59. The first-order chi connectivity index (χ1) is 16.3. The van der Waals surface area contributed by atoms with Crippen LogP contribution in [0.15, 0.2) is 36.0 Å². The van der Waals surface area contributed by atoms with E-state index in [0.29, 0.717) is 24.2 Å². The number of nitrogens with zero attached hydrogens (tertiary/aromatic N) is 6. The minimum atomic E-state index is -0.674. The van der Waals surface area contributed by atoms with Crippen LogP contribution in [0.4, 0.5) is 0 Å². The van der Waals surface area contributed by atoms with Gasteiger partial charge in [0.25, 0.3) is 11.8 Å². The standard InChI is InChI=1S/C22H21N7O4S/c1-12(20-23-7-8-34-20)27(2)22(33)16-11-29(26-25-16)14-4-3-13-10-28(21(32)15(13)9-14)17-5-6-18(30)24-19(17)31/h3-4,7-9,11-12,17H,5-6,10H2,1-2H3,(H,24,30,31). The molecule has 0 bridgehead atoms. The number of aromatic nitrogens is 4. The molecule has 0 saturated carbocycles. The van der Waals surface area contributed by atoms with E-state index in [1.165, 1.54) is 27.1 Å². The van der Waals surface area contributed by atoms with Gasteiger partial charge in [-0.2, -0.15) is 0 Å². The van der Waals surface area contributed by atoms with Crippen molar-refractivity contribution >= 4 is 35.0 Å². The quantitative estimate of drug-likeness (QED) is 0.546. The summed E-state index contributed by atoms with van der Waals surface area (Å²) in [6, 6.07) is 4.37. The van der Waals surface area contributed by atoms with Gasteiger partial charge in [-0.25, -0.2) is 9.67 Å². The first-order valence-electron chi connectivity index (χ1n) is 10.7. The van der Waals surface area contributed by atoms with Gasteiger partial charge in [0.05, 0.1) is 17.9 Å². The topological polar surface area (TPSA) is 130 Å². The molecule has 0 radical (unpaired) electrons. The molecule has 3 aromatic rings. The predicted octanol–water partition coefficient (Wildman–Crippen LogP) is 1.32. The summed E-state index contributed by atoms with van der Waals surface area (Å²) in [5.74, 6) is -1.35. The minimum absolute atomic E-state index is 0.169. The van der Waals surface area contributed by atoms with Crippen molar-refractivity contribution in [2.24, 2.45) is 0 Å². The third-order valence-corrected chi connectivity index (χ3v) is 7.14. The highest BCUT2D eigenvalue weighted by atomic mass is 32.1. The molecule has 2 aliphatic heterocycles. The molecule has 174 valence electrons. The van der Waals surface area contributed by atoms with Gasteiger partial charge in [-0.05, 0) is 31.0 Å². The van der Waals surface area contributed by atoms with E-state index >= 15 is 0 Å². The van der Waals surface area contributed by atoms with Crippen LogP contribution in [0.3, 0.4) is 0 Å². The number of piperidine rings is 1. The van der Waals surface area contributed by atoms with Gasteiger partial charge in [0.15, 0.2) is 5.69 Å². The zero-order chi connectivity index (χ0) is 24.0. The van der Waals surface area contributed by atoms with Crippen LogP contribution in [0.5, 0.6) is 0 Å². The summed E-state index contributed by atoms with van der Waals surface area (Å²) in [7, 11) is 1.69. The highest BCUT2D eigenvalue weighted by molar-refractivity contribution is 7.09. The molecule has 2 unspecified atom stereocenters. The maximum atomic E-state index is 13.0. The van der Waals surface area contributed by atoms with Crippen molar-refractivity contribution in [1.82, 2.24) is 35.1 Å². The summed E-state index contributed by atoms with van der Waals surface area (Å²) in [5.41, 5.74) is 1.98. The van der Waals surface area contributed by atoms with Crippen molar-refractivity contribution in [1.29, 1.82) is 0 Å². The smallest absolute Gasteiger partial charge is 0.276 e. The van der Waals surface area contributed by atoms with Crippen LogP contribution in [0.2, 0.25) is 0 Å². The zero-order valence-electron chi connectivity index (χ0n) is 18.5. The van der Waals surface area contributed by atoms with E-state index in [0.717, 1.165) is 10.6 Å². The summed E-state index contributed by atoms with van der Waals surface area (Å²) < 4.78 is 1.44. The number of amides is 4. The first kappa shape index (κ1) is 21.9. The lowest BCUT2D eigenvalue weighted by atomic mass is 10.0. The third kappa shape index (κ3) is 3.75. The van der Waals surface area contributed by atoms with Crippen molar-refractivity contribution in [3.05, 3.63) is 57.8 Å². The molecule has 0 aliphatic carbocycles. The second-order valence-corrected chi connectivity index (χ2v) is 9.18. The van der Waals surface area contributed by atoms with Gasteiger partial charge in [-0.3, -0.25) is 24.5 Å². The number of carbonyl (C=O) groups is 4. The largest absolute Gasteiger partial charge is 0.331 e. The maximum absolute atomic E-state index is 13.0. The Morgan fingerprint density at radius 2 is 2.12 bits per heavy atom. The van der Waals surface area contributed by atoms with E-state index in [1.54, 1.807) is 36.3 Å². The lowest BCUT2D eigenvalue weighted by Gasteiger charge is -2.29. The summed E-state index contributed by atoms with van der Waals surface area (Å²) in [6.07, 6.45) is 3.72. The molecule has 2 aliphatic rings. The van der Waals surface area contributed by atoms with E-state index in [4.69, 9.17) is 0 Å². The maximum Gasteiger partial charge on any atom is 0.276 e. The van der Waals surface area contributed by atoms with Crippen LogP contribution in [0.1, 0.15) is 57.2 Å². The molecule has 1 N–H and O–H groups in total. The Hall–Kier alpha value is -3.93. The molecule has 4 amide bonds. The fraction of sp³-hybridized carbons (Fsp3) is 0.318. The number of benzene rings is 1. The normalized spacial score (nSPS) is 18.6. The molecule has 2 atom stereocenters. The average molecular weight is 480 g/mol. The van der Waals surface area contributed by atoms with E-state index in [1.807, 2.05) is 12.3 Å². The molecule has 1 fully saturated rings. The summed E-state index contributed by atoms with van der Waals surface area (Å²) in [5, 5.41) is 13.1. The van der Waals surface area contributed by atoms with E-state index in [2.05, 4.69) is 20.6 Å². The summed E-state index contributed by atoms with van der Waals surface area (Å²) in [6.45, 7) is 2.18. The molecule has 1 aromatic carbocycles. The highest BCUT2D eigenvalue weighted by Gasteiger charge is 2.39. The Labute approximate surface area is 198 Å². The second-order valence-electron chi connectivity index (χ2n) is 8.25. The molecule has 5 rings (SSSR count). The van der Waals surface area contributed by atoms with E-state index < -0.39 is 11.9 Å². The summed E-state index contributed by atoms with van der Waals surface area (Å²) >= 11 is 1.47. The monoisotopic (exact) mass is 479 g/mol. The molecule has 12 heteroatoms. The molecule has 1 saturated heterocycles. The van der Waals surface area contributed by atoms with Gasteiger partial charge in [0, 0.05) is 37.2 Å². The van der Waals surface area contributed by atoms with Gasteiger partial charge in [-0.1, -0.05) is 11.3 Å². The van der Waals surface area contributed by atoms with Gasteiger partial charge in [0.2, 0.25) is 11.8 Å². The number of hydrogen-bond acceptors (Lipinski definition) is 8. The Bertz CT molecular complexity index is 1300. The zero-order valence-corrected chi connectivity index (χ0v) is 19.3. The fourth-order valence-corrected chi connectivity index (χ4v) is 4.87. The van der Waals surface area contributed by atoms with Crippen molar-refractivity contribution in [3.8, 4) is 5.69 Å². The lowest BCUT2D eigenvalue weighted by Crippen LogP contribution is -2.52. The number of rotatable bonds is 5. The van der Waals surface area contributed by atoms with Crippen LogP contribution in [-0.2, 0) is 16.1 Å². The van der Waals surface area contributed by atoms with Gasteiger partial charge < -0.3 is 9.80 Å². The fourth-order valence-electron chi connectivity index (χ4n) is 4.14. The highest BCUT2D eigenvalue weighted by Crippen LogP contribution is 2.29. The van der Waals surface area contributed by atoms with Crippen LogP contribution < -0.4 is 5.32 Å². The van der Waals surface area contributed by atoms with Crippen molar-refractivity contribution in [2.75, 3.05) is 7.05 Å². The molecular weight excluding hydrogens is 458 g/mol. The van der Waals surface area contributed by atoms with Crippen LogP contribution in [0, 0.1) is 0 Å². The number of carbonyl (C=O) groups excluding carboxylic acids is 4. The van der Waals surface area contributed by atoms with Crippen molar-refractivity contribution in [3.63, 3.8) is 0 Å². The molecule has 2 aromatic heterocycles. The molecular formula is C22H21N7O4S. The Morgan fingerprint density at radius 1 is 1.29 bits per heavy atom. The van der Waals surface area contributed by atoms with Crippen LogP contribution >= 0.6 is 11.3 Å². The predicted molar refractivity (Wildman–Crippen MR) is 120 cm³/mol. The van der Waals surface area contributed by atoms with E-state index in [-0.39, 0.29) is 35.9 Å². The SMILES string of the molecule is CC(c1nccs1)N(C)C(=O)c1cn(-c2ccc3c(c2)C(=O)N(C2CCC(=O)NC2=O)C3)nn1. The van der Waals surface area contributed by atoms with Crippen molar-refractivity contribution in [2.45, 2.75) is 38.4 Å². The number of hydrogen-bond donors (Lipinski definition) is 1. The minimum Gasteiger partial charge on any atom is -0.331 e.